The largest absolute Gasteiger partial charge is 0.321 e. The Morgan fingerprint density at radius 3 is 2.15 bits per heavy atom. The molecule has 1 rings (SSSR count). The van der Waals surface area contributed by atoms with E-state index in [1.54, 1.807) is 0 Å². The van der Waals surface area contributed by atoms with Crippen molar-refractivity contribution in [3.63, 3.8) is 0 Å². The van der Waals surface area contributed by atoms with Gasteiger partial charge in [-0.3, -0.25) is 4.90 Å². The Labute approximate surface area is 127 Å². The summed E-state index contributed by atoms with van der Waals surface area (Å²) in [5.41, 5.74) is 0.194. The molecule has 0 saturated carbocycles. The molecule has 0 radical (unpaired) electrons. The van der Waals surface area contributed by atoms with Crippen molar-refractivity contribution in [2.75, 3.05) is 39.3 Å². The second-order valence-corrected chi connectivity index (χ2v) is 11.8. The van der Waals surface area contributed by atoms with Gasteiger partial charge in [0, 0.05) is 50.8 Å². The quantitative estimate of drug-likeness (QED) is 0.777. The van der Waals surface area contributed by atoms with E-state index in [9.17, 15) is 0 Å². The van der Waals surface area contributed by atoms with Gasteiger partial charge in [0.05, 0.1) is 0 Å². The molecule has 0 aliphatic carbocycles. The fourth-order valence-corrected chi connectivity index (χ4v) is 6.43. The van der Waals surface area contributed by atoms with Gasteiger partial charge in [-0.25, -0.2) is 0 Å². The number of hydrogen-bond donors (Lipinski definition) is 2. The maximum Gasteiger partial charge on any atom is 0.198 e. The zero-order valence-corrected chi connectivity index (χ0v) is 15.7. The average Bonchev–Trinajstić information content (AvgIpc) is 2.36. The Bertz CT molecular complexity index is 286. The molecule has 2 N–H and O–H groups in total. The minimum Gasteiger partial charge on any atom is -0.321 e. The van der Waals surface area contributed by atoms with Crippen LogP contribution in [0.25, 0.3) is 0 Å². The summed E-state index contributed by atoms with van der Waals surface area (Å²) in [7, 11) is -1.56. The van der Waals surface area contributed by atoms with Crippen molar-refractivity contribution in [3.05, 3.63) is 0 Å². The molecule has 0 aromatic heterocycles. The highest BCUT2D eigenvalue weighted by molar-refractivity contribution is 6.72. The molecule has 1 aliphatic heterocycles. The van der Waals surface area contributed by atoms with Gasteiger partial charge in [0.25, 0.3) is 0 Å². The molecule has 1 fully saturated rings. The van der Waals surface area contributed by atoms with Crippen molar-refractivity contribution in [2.45, 2.75) is 59.3 Å². The Hall–Kier alpha value is 0.0569. The van der Waals surface area contributed by atoms with Gasteiger partial charge in [0.1, 0.15) is 0 Å². The molecule has 0 aromatic rings. The van der Waals surface area contributed by atoms with Crippen LogP contribution in [0, 0.1) is 0 Å². The fourth-order valence-electron chi connectivity index (χ4n) is 3.11. The zero-order valence-electron chi connectivity index (χ0n) is 14.7. The van der Waals surface area contributed by atoms with E-state index in [0.717, 1.165) is 19.6 Å². The molecule has 20 heavy (non-hydrogen) atoms. The van der Waals surface area contributed by atoms with E-state index >= 15 is 0 Å². The van der Waals surface area contributed by atoms with Crippen LogP contribution in [0.5, 0.6) is 0 Å². The maximum atomic E-state index is 3.90. The molecule has 1 aliphatic rings. The Morgan fingerprint density at radius 2 is 1.60 bits per heavy atom. The smallest absolute Gasteiger partial charge is 0.198 e. The van der Waals surface area contributed by atoms with Crippen molar-refractivity contribution in [2.24, 2.45) is 0 Å². The molecule has 1 heterocycles. The van der Waals surface area contributed by atoms with E-state index in [1.807, 2.05) is 0 Å². The lowest BCUT2D eigenvalue weighted by Gasteiger charge is -2.42. The average molecular weight is 301 g/mol. The highest BCUT2D eigenvalue weighted by atomic mass is 28.3. The van der Waals surface area contributed by atoms with Gasteiger partial charge in [-0.2, -0.15) is 0 Å². The highest BCUT2D eigenvalue weighted by Gasteiger charge is 2.33. The molecule has 0 atom stereocenters. The minimum absolute atomic E-state index is 0.194. The first-order valence-corrected chi connectivity index (χ1v) is 11.1. The fraction of sp³-hybridized carbons (Fsp3) is 1.00. The lowest BCUT2D eigenvalue weighted by Crippen LogP contribution is -2.66. The van der Waals surface area contributed by atoms with Crippen LogP contribution in [0.4, 0.5) is 0 Å². The normalized spacial score (nSPS) is 21.6. The van der Waals surface area contributed by atoms with Crippen LogP contribution in [0.2, 0.25) is 13.1 Å². The monoisotopic (exact) mass is 300 g/mol. The van der Waals surface area contributed by atoms with E-state index in [2.05, 4.69) is 67.5 Å². The van der Waals surface area contributed by atoms with Gasteiger partial charge < -0.3 is 14.9 Å². The first kappa shape index (κ1) is 18.1. The van der Waals surface area contributed by atoms with Gasteiger partial charge >= 0.3 is 0 Å². The molecule has 0 amide bonds. The highest BCUT2D eigenvalue weighted by Crippen LogP contribution is 2.13. The van der Waals surface area contributed by atoms with Crippen LogP contribution in [0.1, 0.15) is 34.6 Å². The summed E-state index contributed by atoms with van der Waals surface area (Å²) in [5.74, 6) is 0. The lowest BCUT2D eigenvalue weighted by molar-refractivity contribution is 0.213. The van der Waals surface area contributed by atoms with Crippen molar-refractivity contribution in [1.29, 1.82) is 0 Å². The van der Waals surface area contributed by atoms with Gasteiger partial charge in [-0.15, -0.1) is 0 Å². The number of nitrogens with one attached hydrogen (secondary N) is 2. The van der Waals surface area contributed by atoms with Crippen LogP contribution in [0.15, 0.2) is 0 Å². The third kappa shape index (κ3) is 6.22. The van der Waals surface area contributed by atoms with Crippen LogP contribution in [-0.4, -0.2) is 68.7 Å². The van der Waals surface area contributed by atoms with E-state index in [0.29, 0.717) is 6.04 Å². The molecule has 0 bridgehead atoms. The molecule has 0 spiro atoms. The Balaban J connectivity index is 2.71. The van der Waals surface area contributed by atoms with Crippen LogP contribution in [-0.2, 0) is 0 Å². The maximum absolute atomic E-state index is 3.90. The zero-order chi connectivity index (χ0) is 15.4. The predicted octanol–water partition coefficient (Wildman–Crippen LogP) is 1.69. The second-order valence-electron chi connectivity index (χ2n) is 7.80. The first-order valence-electron chi connectivity index (χ1n) is 8.11. The molecule has 4 nitrogen and oxygen atoms in total. The number of rotatable bonds is 3. The lowest BCUT2D eigenvalue weighted by atomic mass is 10.1. The van der Waals surface area contributed by atoms with Gasteiger partial charge in [0.2, 0.25) is 0 Å². The topological polar surface area (TPSA) is 30.5 Å². The van der Waals surface area contributed by atoms with Gasteiger partial charge in [-0.05, 0) is 47.7 Å². The van der Waals surface area contributed by atoms with E-state index in [-0.39, 0.29) is 5.54 Å². The van der Waals surface area contributed by atoms with E-state index < -0.39 is 8.40 Å². The Morgan fingerprint density at radius 1 is 1.00 bits per heavy atom. The van der Waals surface area contributed by atoms with Crippen molar-refractivity contribution in [1.82, 2.24) is 19.8 Å². The van der Waals surface area contributed by atoms with Gasteiger partial charge in [-0.1, -0.05) is 0 Å². The first-order chi connectivity index (χ1) is 9.12. The van der Waals surface area contributed by atoms with Crippen LogP contribution >= 0.6 is 0 Å². The number of hydrogen-bond acceptors (Lipinski definition) is 4. The Kier molecular flexibility index (Phi) is 6.66. The standard InChI is InChI=1S/C15H36N4Si/c1-14(2)18-10-8-16-9-11-19(13-12-18)20(6,7)17-15(3,4)5/h14,16-17H,8-13H2,1-7H3. The molecular weight excluding hydrogens is 264 g/mol. The third-order valence-corrected chi connectivity index (χ3v) is 7.38. The summed E-state index contributed by atoms with van der Waals surface area (Å²) in [5, 5.41) is 3.59. The molecule has 0 unspecified atom stereocenters. The summed E-state index contributed by atoms with van der Waals surface area (Å²) in [6.45, 7) is 23.2. The molecule has 120 valence electrons. The summed E-state index contributed by atoms with van der Waals surface area (Å²) in [6, 6.07) is 0.636. The van der Waals surface area contributed by atoms with Crippen molar-refractivity contribution < 1.29 is 0 Å². The minimum atomic E-state index is -1.56. The van der Waals surface area contributed by atoms with E-state index in [4.69, 9.17) is 0 Å². The third-order valence-electron chi connectivity index (χ3n) is 3.99. The van der Waals surface area contributed by atoms with Crippen LogP contribution < -0.4 is 10.3 Å². The molecule has 1 saturated heterocycles. The van der Waals surface area contributed by atoms with Crippen molar-refractivity contribution in [3.8, 4) is 0 Å². The van der Waals surface area contributed by atoms with Crippen molar-refractivity contribution >= 4 is 8.40 Å². The summed E-state index contributed by atoms with van der Waals surface area (Å²) in [6.07, 6.45) is 0. The van der Waals surface area contributed by atoms with E-state index in [1.165, 1.54) is 19.6 Å². The molecular formula is C15H36N4Si. The second kappa shape index (κ2) is 7.36. The summed E-state index contributed by atoms with van der Waals surface area (Å²) < 4.78 is 2.71. The number of nitrogens with zero attached hydrogens (tertiary/aromatic N) is 2. The SMILES string of the molecule is CC(C)N1CCNCCN([Si](C)(C)NC(C)(C)C)CC1. The summed E-state index contributed by atoms with van der Waals surface area (Å²) in [4.78, 5) is 6.49. The molecule has 0 aromatic carbocycles. The molecule has 5 heteroatoms. The predicted molar refractivity (Wildman–Crippen MR) is 91.5 cm³/mol. The summed E-state index contributed by atoms with van der Waals surface area (Å²) >= 11 is 0. The van der Waals surface area contributed by atoms with Crippen LogP contribution in [0.3, 0.4) is 0 Å². The van der Waals surface area contributed by atoms with Gasteiger partial charge in [0.15, 0.2) is 8.40 Å².